The van der Waals surface area contributed by atoms with Gasteiger partial charge < -0.3 is 19.6 Å². The first-order chi connectivity index (χ1) is 30.5. The van der Waals surface area contributed by atoms with Crippen LogP contribution in [0.1, 0.15) is 99.3 Å². The molecule has 0 aliphatic rings. The van der Waals surface area contributed by atoms with Crippen LogP contribution in [-0.4, -0.2) is 60.8 Å². The molecule has 0 saturated carbocycles. The van der Waals surface area contributed by atoms with Crippen molar-refractivity contribution in [3.63, 3.8) is 0 Å². The Balaban J connectivity index is 1.72. The van der Waals surface area contributed by atoms with E-state index in [0.29, 0.717) is 0 Å². The molecule has 63 heavy (non-hydrogen) atoms. The fraction of sp³-hybridized carbons (Fsp3) is 0.357. The van der Waals surface area contributed by atoms with Crippen LogP contribution in [0.3, 0.4) is 0 Å². The van der Waals surface area contributed by atoms with Crippen molar-refractivity contribution >= 4 is 32.6 Å². The van der Waals surface area contributed by atoms with Gasteiger partial charge in [-0.05, 0) is 162 Å². The van der Waals surface area contributed by atoms with Crippen molar-refractivity contribution in [3.05, 3.63) is 167 Å². The maximum atomic E-state index is 16.8. The van der Waals surface area contributed by atoms with Crippen molar-refractivity contribution in [3.8, 4) is 22.3 Å². The number of anilines is 4. The second-order valence-corrected chi connectivity index (χ2v) is 18.6. The minimum Gasteiger partial charge on any atom is -0.372 e. The minimum atomic E-state index is -4.18. The minimum absolute atomic E-state index is 0.747. The van der Waals surface area contributed by atoms with Crippen molar-refractivity contribution in [1.29, 1.82) is 0 Å². The summed E-state index contributed by atoms with van der Waals surface area (Å²) in [7, 11) is -4.18. The van der Waals surface area contributed by atoms with Crippen LogP contribution < -0.4 is 19.6 Å². The summed E-state index contributed by atoms with van der Waals surface area (Å²) in [6, 6.07) is 46.5. The quantitative estimate of drug-likeness (QED) is 0.0762. The van der Waals surface area contributed by atoms with Crippen LogP contribution in [0.15, 0.2) is 133 Å². The van der Waals surface area contributed by atoms with Crippen LogP contribution >= 0.6 is 0 Å². The van der Waals surface area contributed by atoms with Crippen LogP contribution in [0.2, 0.25) is 0 Å². The zero-order chi connectivity index (χ0) is 45.3. The first-order valence-electron chi connectivity index (χ1n) is 23.3. The van der Waals surface area contributed by atoms with E-state index in [9.17, 15) is 0 Å². The molecule has 0 bridgehead atoms. The molecule has 0 radical (unpaired) electrons. The highest BCUT2D eigenvalue weighted by atomic mass is 32.2. The number of nitrogens with zero attached hydrogens (tertiary/aromatic N) is 4. The maximum absolute atomic E-state index is 16.8. The van der Waals surface area contributed by atoms with Gasteiger partial charge in [0.15, 0.2) is 9.84 Å². The lowest BCUT2D eigenvalue weighted by Gasteiger charge is -2.31. The van der Waals surface area contributed by atoms with Crippen molar-refractivity contribution in [2.45, 2.75) is 79.7 Å². The Morgan fingerprint density at radius 2 is 0.635 bits per heavy atom. The van der Waals surface area contributed by atoms with E-state index >= 15 is 8.42 Å². The van der Waals surface area contributed by atoms with E-state index in [1.54, 1.807) is 0 Å². The molecule has 2 unspecified atom stereocenters. The molecule has 7 heteroatoms. The molecule has 0 amide bonds. The molecule has 0 aliphatic heterocycles. The molecule has 0 N–H and O–H groups in total. The molecule has 332 valence electrons. The lowest BCUT2D eigenvalue weighted by Crippen LogP contribution is -2.26. The zero-order valence-electron chi connectivity index (χ0n) is 39.5. The molecule has 0 aromatic heterocycles. The second-order valence-electron chi connectivity index (χ2n) is 16.5. The van der Waals surface area contributed by atoms with Gasteiger partial charge in [-0.15, -0.1) is 0 Å². The molecule has 0 saturated heterocycles. The first-order valence-corrected chi connectivity index (χ1v) is 24.9. The predicted molar refractivity (Wildman–Crippen MR) is 273 cm³/mol. The van der Waals surface area contributed by atoms with Gasteiger partial charge in [0.25, 0.3) is 0 Å². The summed E-state index contributed by atoms with van der Waals surface area (Å²) in [5.41, 5.74) is 13.5. The summed E-state index contributed by atoms with van der Waals surface area (Å²) in [5, 5.41) is -2.02. The number of hydrogen-bond donors (Lipinski definition) is 0. The number of aryl methyl sites for hydroxylation is 2. The van der Waals surface area contributed by atoms with E-state index < -0.39 is 20.3 Å². The molecular weight excluding hydrogens is 793 g/mol. The molecule has 6 aromatic carbocycles. The van der Waals surface area contributed by atoms with Gasteiger partial charge in [-0.1, -0.05) is 96.1 Å². The standard InChI is InChI=1S/C56H70N4O2S/c1-11-57(12-2)47-31-27-45(28-32-47)55(51-37-35-49(59(15-5)16-6)39-53(51)43-23-19-41(9)20-24-43)63(61,62)56(46-29-33-48(34-30-46)58(13-3)14-4)52-38-36-50(60(17-7)18-8)40-54(52)44-25-21-42(10)22-26-44/h19-40,55-56H,11-18H2,1-10H3. The Hall–Kier alpha value is -5.53. The Kier molecular flexibility index (Phi) is 15.8. The molecule has 0 spiro atoms. The summed E-state index contributed by atoms with van der Waals surface area (Å²) >= 11 is 0. The first kappa shape index (κ1) is 47.0. The lowest BCUT2D eigenvalue weighted by molar-refractivity contribution is 0.582. The topological polar surface area (TPSA) is 47.1 Å². The molecule has 0 heterocycles. The van der Waals surface area contributed by atoms with Gasteiger partial charge in [0.2, 0.25) is 0 Å². The highest BCUT2D eigenvalue weighted by Gasteiger charge is 2.41. The van der Waals surface area contributed by atoms with Crippen molar-refractivity contribution < 1.29 is 8.42 Å². The highest BCUT2D eigenvalue weighted by Crippen LogP contribution is 2.49. The van der Waals surface area contributed by atoms with Gasteiger partial charge in [-0.3, -0.25) is 0 Å². The molecule has 2 atom stereocenters. The summed E-state index contributed by atoms with van der Waals surface area (Å²) in [4.78, 5) is 9.26. The molecular formula is C56H70N4O2S. The maximum Gasteiger partial charge on any atom is 0.172 e. The monoisotopic (exact) mass is 863 g/mol. The molecule has 6 aromatic rings. The summed E-state index contributed by atoms with van der Waals surface area (Å²) in [6.07, 6.45) is 0. The van der Waals surface area contributed by atoms with Crippen molar-refractivity contribution in [1.82, 2.24) is 0 Å². The van der Waals surface area contributed by atoms with E-state index in [1.165, 1.54) is 0 Å². The molecule has 0 aliphatic carbocycles. The van der Waals surface area contributed by atoms with Gasteiger partial charge in [0.1, 0.15) is 10.5 Å². The van der Waals surface area contributed by atoms with E-state index in [4.69, 9.17) is 0 Å². The Labute approximate surface area is 380 Å². The Bertz CT molecular complexity index is 2310. The van der Waals surface area contributed by atoms with Crippen LogP contribution in [0.5, 0.6) is 0 Å². The van der Waals surface area contributed by atoms with E-state index in [-0.39, 0.29) is 0 Å². The molecule has 0 fully saturated rings. The van der Waals surface area contributed by atoms with Gasteiger partial charge in [-0.2, -0.15) is 0 Å². The Morgan fingerprint density at radius 1 is 0.365 bits per heavy atom. The third kappa shape index (κ3) is 10.2. The lowest BCUT2D eigenvalue weighted by atomic mass is 9.92. The van der Waals surface area contributed by atoms with Crippen LogP contribution in [0, 0.1) is 13.8 Å². The molecule has 6 nitrogen and oxygen atoms in total. The van der Waals surface area contributed by atoms with Crippen LogP contribution in [0.25, 0.3) is 22.3 Å². The van der Waals surface area contributed by atoms with Gasteiger partial charge in [0, 0.05) is 75.1 Å². The largest absolute Gasteiger partial charge is 0.372 e. The van der Waals surface area contributed by atoms with Crippen molar-refractivity contribution in [2.24, 2.45) is 0 Å². The van der Waals surface area contributed by atoms with E-state index in [0.717, 1.165) is 131 Å². The van der Waals surface area contributed by atoms with E-state index in [2.05, 4.69) is 222 Å². The summed E-state index contributed by atoms with van der Waals surface area (Å²) in [5.74, 6) is 0. The average molecular weight is 863 g/mol. The number of sulfone groups is 1. The van der Waals surface area contributed by atoms with Crippen LogP contribution in [-0.2, 0) is 9.84 Å². The number of rotatable bonds is 20. The zero-order valence-corrected chi connectivity index (χ0v) is 40.3. The van der Waals surface area contributed by atoms with Gasteiger partial charge >= 0.3 is 0 Å². The van der Waals surface area contributed by atoms with Crippen molar-refractivity contribution in [2.75, 3.05) is 72.0 Å². The average Bonchev–Trinajstić information content (AvgIpc) is 3.30. The van der Waals surface area contributed by atoms with Gasteiger partial charge in [0.05, 0.1) is 0 Å². The SMILES string of the molecule is CCN(CC)c1ccc(C(c2ccc(N(CC)CC)cc2-c2ccc(C)cc2)S(=O)(=O)C(c2ccc(N(CC)CC)cc2)c2ccc(N(CC)CC)cc2-c2ccc(C)cc2)cc1. The fourth-order valence-electron chi connectivity index (χ4n) is 9.21. The van der Waals surface area contributed by atoms with E-state index in [1.807, 2.05) is 0 Å². The third-order valence-electron chi connectivity index (χ3n) is 12.9. The molecule has 6 rings (SSSR count). The number of benzene rings is 6. The second kappa shape index (κ2) is 21.2. The third-order valence-corrected chi connectivity index (χ3v) is 15.3. The van der Waals surface area contributed by atoms with Gasteiger partial charge in [-0.25, -0.2) is 8.42 Å². The predicted octanol–water partition coefficient (Wildman–Crippen LogP) is 13.3. The smallest absolute Gasteiger partial charge is 0.172 e. The number of hydrogen-bond acceptors (Lipinski definition) is 6. The summed E-state index contributed by atoms with van der Waals surface area (Å²) < 4.78 is 33.6. The summed E-state index contributed by atoms with van der Waals surface area (Å²) in [6.45, 7) is 28.3. The Morgan fingerprint density at radius 3 is 0.921 bits per heavy atom. The fourth-order valence-corrected chi connectivity index (χ4v) is 11.7. The highest BCUT2D eigenvalue weighted by molar-refractivity contribution is 7.92. The van der Waals surface area contributed by atoms with Crippen LogP contribution in [0.4, 0.5) is 22.7 Å². The normalized spacial score (nSPS) is 12.5.